The molecule has 9 heteroatoms. The van der Waals surface area contributed by atoms with Gasteiger partial charge in [0.1, 0.15) is 0 Å². The molecule has 1 aliphatic heterocycles. The van der Waals surface area contributed by atoms with E-state index in [9.17, 15) is 13.2 Å². The third-order valence-corrected chi connectivity index (χ3v) is 5.21. The third-order valence-electron chi connectivity index (χ3n) is 3.09. The molecule has 0 aliphatic carbocycles. The van der Waals surface area contributed by atoms with Crippen LogP contribution in [0.1, 0.15) is 6.92 Å². The Kier molecular flexibility index (Phi) is 3.84. The van der Waals surface area contributed by atoms with E-state index in [-0.39, 0.29) is 29.3 Å². The fourth-order valence-electron chi connectivity index (χ4n) is 1.92. The minimum absolute atomic E-state index is 0.0436. The molecule has 0 atom stereocenters. The molecule has 0 bridgehead atoms. The van der Waals surface area contributed by atoms with E-state index in [1.54, 1.807) is 11.9 Å². The number of hydrogen-bond acceptors (Lipinski definition) is 4. The Balaban J connectivity index is 2.16. The van der Waals surface area contributed by atoms with E-state index in [1.165, 1.54) is 22.0 Å². The van der Waals surface area contributed by atoms with Gasteiger partial charge >= 0.3 is 0 Å². The molecule has 1 fully saturated rings. The van der Waals surface area contributed by atoms with E-state index in [4.69, 9.17) is 11.6 Å². The van der Waals surface area contributed by atoms with E-state index in [2.05, 4.69) is 4.98 Å². The number of nitrogens with zero attached hydrogens (tertiary/aromatic N) is 4. The number of piperazine rings is 1. The van der Waals surface area contributed by atoms with Crippen molar-refractivity contribution in [3.63, 3.8) is 0 Å². The first-order valence-electron chi connectivity index (χ1n) is 5.77. The Morgan fingerprint density at radius 1 is 1.32 bits per heavy atom. The molecule has 0 radical (unpaired) electrons. The highest BCUT2D eigenvalue weighted by atomic mass is 35.5. The molecular weight excluding hydrogens is 292 g/mol. The lowest BCUT2D eigenvalue weighted by Crippen LogP contribution is -2.50. The minimum Gasteiger partial charge on any atom is -0.340 e. The number of halogens is 1. The van der Waals surface area contributed by atoms with Gasteiger partial charge in [0.15, 0.2) is 5.03 Å². The van der Waals surface area contributed by atoms with Crippen molar-refractivity contribution in [2.24, 2.45) is 7.05 Å². The molecule has 0 unspecified atom stereocenters. The molecule has 0 spiro atoms. The molecule has 1 amide bonds. The van der Waals surface area contributed by atoms with Gasteiger partial charge in [0.2, 0.25) is 11.2 Å². The van der Waals surface area contributed by atoms with Gasteiger partial charge in [0, 0.05) is 46.3 Å². The third kappa shape index (κ3) is 2.75. The summed E-state index contributed by atoms with van der Waals surface area (Å²) in [5.41, 5.74) is 0. The second-order valence-corrected chi connectivity index (χ2v) is 6.59. The van der Waals surface area contributed by atoms with Crippen molar-refractivity contribution in [3.8, 4) is 0 Å². The highest BCUT2D eigenvalue weighted by Crippen LogP contribution is 2.18. The topological polar surface area (TPSA) is 75.5 Å². The minimum atomic E-state index is -3.63. The van der Waals surface area contributed by atoms with E-state index < -0.39 is 10.0 Å². The molecule has 1 aliphatic rings. The van der Waals surface area contributed by atoms with Crippen LogP contribution in [0.4, 0.5) is 0 Å². The van der Waals surface area contributed by atoms with Gasteiger partial charge < -0.3 is 9.47 Å². The van der Waals surface area contributed by atoms with E-state index in [1.807, 2.05) is 0 Å². The van der Waals surface area contributed by atoms with Crippen molar-refractivity contribution < 1.29 is 13.2 Å². The summed E-state index contributed by atoms with van der Waals surface area (Å²) in [4.78, 5) is 16.6. The number of imidazole rings is 1. The maximum atomic E-state index is 12.3. The first kappa shape index (κ1) is 14.3. The van der Waals surface area contributed by atoms with Crippen molar-refractivity contribution in [3.05, 3.63) is 11.5 Å². The van der Waals surface area contributed by atoms with Gasteiger partial charge in [-0.25, -0.2) is 13.4 Å². The Bertz CT molecular complexity index is 570. The summed E-state index contributed by atoms with van der Waals surface area (Å²) in [5, 5.41) is 0.0669. The Morgan fingerprint density at radius 2 is 1.89 bits per heavy atom. The van der Waals surface area contributed by atoms with Crippen LogP contribution in [-0.2, 0) is 21.9 Å². The number of rotatable bonds is 2. The average Bonchev–Trinajstić information content (AvgIpc) is 2.70. The van der Waals surface area contributed by atoms with Crippen LogP contribution in [0.3, 0.4) is 0 Å². The lowest BCUT2D eigenvalue weighted by atomic mass is 10.3. The second kappa shape index (κ2) is 5.10. The number of hydrogen-bond donors (Lipinski definition) is 0. The van der Waals surface area contributed by atoms with Crippen LogP contribution < -0.4 is 0 Å². The van der Waals surface area contributed by atoms with Gasteiger partial charge in [-0.1, -0.05) is 0 Å². The maximum absolute atomic E-state index is 12.3. The van der Waals surface area contributed by atoms with Crippen LogP contribution in [0.2, 0.25) is 5.28 Å². The van der Waals surface area contributed by atoms with Crippen LogP contribution in [0.25, 0.3) is 0 Å². The Hall–Kier alpha value is -1.12. The zero-order chi connectivity index (χ0) is 14.2. The zero-order valence-corrected chi connectivity index (χ0v) is 12.3. The van der Waals surface area contributed by atoms with Crippen molar-refractivity contribution in [2.45, 2.75) is 11.9 Å². The summed E-state index contributed by atoms with van der Waals surface area (Å²) in [6.07, 6.45) is 1.38. The van der Waals surface area contributed by atoms with E-state index >= 15 is 0 Å². The molecule has 0 saturated carbocycles. The van der Waals surface area contributed by atoms with E-state index in [0.717, 1.165) is 0 Å². The SMILES string of the molecule is CC(=O)N1CCN(S(=O)(=O)c2cn(C)c(Cl)n2)CC1. The maximum Gasteiger partial charge on any atom is 0.262 e. The normalized spacial score (nSPS) is 17.7. The van der Waals surface area contributed by atoms with Crippen LogP contribution in [0, 0.1) is 0 Å². The van der Waals surface area contributed by atoms with Gasteiger partial charge in [-0.15, -0.1) is 0 Å². The van der Waals surface area contributed by atoms with E-state index in [0.29, 0.717) is 13.1 Å². The molecule has 0 aromatic carbocycles. The number of aryl methyl sites for hydroxylation is 1. The van der Waals surface area contributed by atoms with Crippen molar-refractivity contribution >= 4 is 27.5 Å². The van der Waals surface area contributed by atoms with Gasteiger partial charge in [-0.05, 0) is 11.6 Å². The van der Waals surface area contributed by atoms with Crippen molar-refractivity contribution in [2.75, 3.05) is 26.2 Å². The van der Waals surface area contributed by atoms with Gasteiger partial charge in [0.25, 0.3) is 10.0 Å². The number of carbonyl (C=O) groups is 1. The largest absolute Gasteiger partial charge is 0.340 e. The fraction of sp³-hybridized carbons (Fsp3) is 0.600. The second-order valence-electron chi connectivity index (χ2n) is 4.37. The lowest BCUT2D eigenvalue weighted by Gasteiger charge is -2.32. The summed E-state index contributed by atoms with van der Waals surface area (Å²) >= 11 is 5.76. The molecular formula is C10H15ClN4O3S. The van der Waals surface area contributed by atoms with Crippen LogP contribution >= 0.6 is 11.6 Å². The van der Waals surface area contributed by atoms with Gasteiger partial charge in [0.05, 0.1) is 0 Å². The Labute approximate surface area is 116 Å². The molecule has 19 heavy (non-hydrogen) atoms. The predicted molar refractivity (Wildman–Crippen MR) is 69.2 cm³/mol. The highest BCUT2D eigenvalue weighted by molar-refractivity contribution is 7.89. The summed E-state index contributed by atoms with van der Waals surface area (Å²) < 4.78 is 27.4. The number of sulfonamides is 1. The smallest absolute Gasteiger partial charge is 0.262 e. The first-order chi connectivity index (χ1) is 8.82. The van der Waals surface area contributed by atoms with Crippen LogP contribution in [0.5, 0.6) is 0 Å². The number of carbonyl (C=O) groups excluding carboxylic acids is 1. The summed E-state index contributed by atoms with van der Waals surface area (Å²) in [6.45, 7) is 2.82. The molecule has 1 aromatic rings. The molecule has 0 N–H and O–H groups in total. The zero-order valence-electron chi connectivity index (χ0n) is 10.7. The quantitative estimate of drug-likeness (QED) is 0.766. The summed E-state index contributed by atoms with van der Waals surface area (Å²) in [7, 11) is -2.01. The number of aromatic nitrogens is 2. The fourth-order valence-corrected chi connectivity index (χ4v) is 3.51. The number of amides is 1. The first-order valence-corrected chi connectivity index (χ1v) is 7.58. The van der Waals surface area contributed by atoms with Crippen molar-refractivity contribution in [1.29, 1.82) is 0 Å². The standard InChI is InChI=1S/C10H15ClN4O3S/c1-8(16)14-3-5-15(6-4-14)19(17,18)9-7-13(2)10(11)12-9/h7H,3-6H2,1-2H3. The highest BCUT2D eigenvalue weighted by Gasteiger charge is 2.31. The monoisotopic (exact) mass is 306 g/mol. The Morgan fingerprint density at radius 3 is 2.32 bits per heavy atom. The molecule has 2 heterocycles. The molecule has 2 rings (SSSR count). The summed E-state index contributed by atoms with van der Waals surface area (Å²) in [6, 6.07) is 0. The molecule has 1 saturated heterocycles. The molecule has 106 valence electrons. The van der Waals surface area contributed by atoms with Crippen molar-refractivity contribution in [1.82, 2.24) is 18.8 Å². The van der Waals surface area contributed by atoms with Gasteiger partial charge in [-0.3, -0.25) is 4.79 Å². The van der Waals surface area contributed by atoms with Gasteiger partial charge in [-0.2, -0.15) is 4.31 Å². The molecule has 7 nitrogen and oxygen atoms in total. The lowest BCUT2D eigenvalue weighted by molar-refractivity contribution is -0.129. The van der Waals surface area contributed by atoms with Crippen LogP contribution in [-0.4, -0.2) is 59.3 Å². The predicted octanol–water partition coefficient (Wildman–Crippen LogP) is -0.0737. The average molecular weight is 307 g/mol. The van der Waals surface area contributed by atoms with Crippen LogP contribution in [0.15, 0.2) is 11.2 Å². The molecule has 1 aromatic heterocycles. The summed E-state index contributed by atoms with van der Waals surface area (Å²) in [5.74, 6) is -0.0436.